The summed E-state index contributed by atoms with van der Waals surface area (Å²) in [4.78, 5) is 14.9. The first-order valence-electron chi connectivity index (χ1n) is 15.6. The maximum Gasteiger partial charge on any atom is 0.298 e. The SMILES string of the molecule is CNC(=O)c1ccc(-c2cc3c(c(S(=O)(=O)N[C@@H](CO)Cc4c[nH]c5ccccc45)c2)OCC3)cc1.O=S(=O)(O)c1cc(Br)cc2c1OCC2. The van der Waals surface area contributed by atoms with Gasteiger partial charge in [-0.05, 0) is 71.1 Å². The summed E-state index contributed by atoms with van der Waals surface area (Å²) in [6.45, 7) is 0.492. The molecular weight excluding hydrogens is 750 g/mol. The summed E-state index contributed by atoms with van der Waals surface area (Å²) in [5, 5.41) is 13.6. The lowest BCUT2D eigenvalue weighted by atomic mass is 10.0. The molecule has 5 aromatic rings. The molecule has 3 heterocycles. The molecule has 262 valence electrons. The number of para-hydroxylation sites is 1. The fraction of sp³-hybridized carbons (Fsp3) is 0.229. The fourth-order valence-electron chi connectivity index (χ4n) is 6.02. The van der Waals surface area contributed by atoms with Crippen LogP contribution in [0.5, 0.6) is 11.5 Å². The van der Waals surface area contributed by atoms with Crippen LogP contribution in [0.4, 0.5) is 0 Å². The number of aliphatic hydroxyl groups is 1. The van der Waals surface area contributed by atoms with Gasteiger partial charge in [-0.15, -0.1) is 0 Å². The van der Waals surface area contributed by atoms with E-state index < -0.39 is 26.2 Å². The molecule has 15 heteroatoms. The van der Waals surface area contributed by atoms with Crippen molar-refractivity contribution in [3.8, 4) is 22.6 Å². The molecule has 12 nitrogen and oxygen atoms in total. The number of aromatic amines is 1. The van der Waals surface area contributed by atoms with E-state index in [2.05, 4.69) is 31.0 Å². The smallest absolute Gasteiger partial charge is 0.298 e. The minimum atomic E-state index is -4.21. The Balaban J connectivity index is 0.000000257. The molecule has 50 heavy (non-hydrogen) atoms. The van der Waals surface area contributed by atoms with Crippen LogP contribution in [0.2, 0.25) is 0 Å². The Morgan fingerprint density at radius 3 is 2.22 bits per heavy atom. The van der Waals surface area contributed by atoms with Gasteiger partial charge in [-0.1, -0.05) is 46.3 Å². The summed E-state index contributed by atoms with van der Waals surface area (Å²) in [6.07, 6.45) is 3.42. The number of H-pyrrole nitrogens is 1. The Morgan fingerprint density at radius 1 is 0.900 bits per heavy atom. The van der Waals surface area contributed by atoms with Crippen molar-refractivity contribution in [2.24, 2.45) is 0 Å². The molecule has 0 saturated carbocycles. The van der Waals surface area contributed by atoms with Gasteiger partial charge in [0.2, 0.25) is 10.0 Å². The van der Waals surface area contributed by atoms with Gasteiger partial charge < -0.3 is 24.9 Å². The second kappa shape index (κ2) is 14.5. The van der Waals surface area contributed by atoms with E-state index in [0.29, 0.717) is 53.8 Å². The third-order valence-corrected chi connectivity index (χ3v) is 11.3. The molecule has 1 amide bonds. The Hall–Kier alpha value is -4.25. The van der Waals surface area contributed by atoms with Gasteiger partial charge in [-0.3, -0.25) is 9.35 Å². The van der Waals surface area contributed by atoms with Crippen LogP contribution in [0.25, 0.3) is 22.0 Å². The minimum Gasteiger partial charge on any atom is -0.492 e. The first-order chi connectivity index (χ1) is 23.9. The van der Waals surface area contributed by atoms with Gasteiger partial charge in [0.25, 0.3) is 16.0 Å². The number of aliphatic hydroxyl groups excluding tert-OH is 1. The molecule has 0 spiro atoms. The number of hydrogen-bond donors (Lipinski definition) is 5. The number of amides is 1. The van der Waals surface area contributed by atoms with E-state index in [9.17, 15) is 26.7 Å². The summed E-state index contributed by atoms with van der Waals surface area (Å²) in [5.41, 5.74) is 5.48. The minimum absolute atomic E-state index is 0.0419. The number of nitrogens with one attached hydrogen (secondary N) is 3. The predicted octanol–water partition coefficient (Wildman–Crippen LogP) is 4.64. The second-order valence-corrected chi connectivity index (χ2v) is 15.7. The summed E-state index contributed by atoms with van der Waals surface area (Å²) in [6, 6.07) is 20.7. The van der Waals surface area contributed by atoms with E-state index >= 15 is 0 Å². The van der Waals surface area contributed by atoms with Gasteiger partial charge in [0.15, 0.2) is 0 Å². The van der Waals surface area contributed by atoms with Crippen molar-refractivity contribution in [3.05, 3.63) is 106 Å². The van der Waals surface area contributed by atoms with Crippen LogP contribution in [0.3, 0.4) is 0 Å². The van der Waals surface area contributed by atoms with E-state index in [1.165, 1.54) is 6.07 Å². The molecule has 0 bridgehead atoms. The summed E-state index contributed by atoms with van der Waals surface area (Å²) in [5.74, 6) is 0.425. The molecule has 0 aliphatic carbocycles. The van der Waals surface area contributed by atoms with Gasteiger partial charge in [0.05, 0.1) is 19.8 Å². The fourth-order valence-corrected chi connectivity index (χ4v) is 8.81. The second-order valence-electron chi connectivity index (χ2n) is 11.7. The molecular formula is C35H34BrN3O9S2. The highest BCUT2D eigenvalue weighted by Gasteiger charge is 2.29. The van der Waals surface area contributed by atoms with E-state index in [-0.39, 0.29) is 28.1 Å². The van der Waals surface area contributed by atoms with Gasteiger partial charge >= 0.3 is 0 Å². The molecule has 0 saturated heterocycles. The molecule has 2 aliphatic rings. The van der Waals surface area contributed by atoms with Crippen LogP contribution < -0.4 is 19.5 Å². The Morgan fingerprint density at radius 2 is 1.56 bits per heavy atom. The molecule has 7 rings (SSSR count). The normalized spacial score (nSPS) is 14.2. The Labute approximate surface area is 297 Å². The highest BCUT2D eigenvalue weighted by molar-refractivity contribution is 9.10. The molecule has 5 N–H and O–H groups in total. The summed E-state index contributed by atoms with van der Waals surface area (Å²) < 4.78 is 72.2. The van der Waals surface area contributed by atoms with Crippen LogP contribution in [-0.2, 0) is 39.4 Å². The van der Waals surface area contributed by atoms with E-state index in [0.717, 1.165) is 33.2 Å². The zero-order chi connectivity index (χ0) is 35.6. The zero-order valence-electron chi connectivity index (χ0n) is 26.8. The number of fused-ring (bicyclic) bond motifs is 3. The number of benzene rings is 4. The Kier molecular flexibility index (Phi) is 10.3. The first kappa shape index (κ1) is 35.6. The molecule has 0 radical (unpaired) electrons. The number of aromatic nitrogens is 1. The van der Waals surface area contributed by atoms with Crippen LogP contribution in [0.15, 0.2) is 93.3 Å². The van der Waals surface area contributed by atoms with Gasteiger partial charge in [-0.25, -0.2) is 13.1 Å². The average molecular weight is 785 g/mol. The molecule has 1 aromatic heterocycles. The third kappa shape index (κ3) is 7.57. The van der Waals surface area contributed by atoms with Crippen LogP contribution in [-0.4, -0.2) is 70.3 Å². The maximum absolute atomic E-state index is 13.6. The number of ether oxygens (including phenoxy) is 2. The van der Waals surface area contributed by atoms with Crippen molar-refractivity contribution in [1.29, 1.82) is 0 Å². The average Bonchev–Trinajstić information content (AvgIpc) is 3.87. The number of carbonyl (C=O) groups is 1. The number of sulfonamides is 1. The quantitative estimate of drug-likeness (QED) is 0.133. The first-order valence-corrected chi connectivity index (χ1v) is 19.3. The van der Waals surface area contributed by atoms with Crippen LogP contribution in [0.1, 0.15) is 27.0 Å². The molecule has 0 unspecified atom stereocenters. The van der Waals surface area contributed by atoms with Gasteiger partial charge in [0, 0.05) is 58.6 Å². The van der Waals surface area contributed by atoms with Crippen molar-refractivity contribution < 1.29 is 40.8 Å². The maximum atomic E-state index is 13.6. The Bertz CT molecular complexity index is 2290. The van der Waals surface area contributed by atoms with E-state index in [1.807, 2.05) is 36.5 Å². The summed E-state index contributed by atoms with van der Waals surface area (Å²) in [7, 11) is -6.66. The van der Waals surface area contributed by atoms with Crippen LogP contribution in [0, 0.1) is 0 Å². The van der Waals surface area contributed by atoms with Crippen molar-refractivity contribution >= 4 is 52.9 Å². The summed E-state index contributed by atoms with van der Waals surface area (Å²) >= 11 is 3.18. The number of rotatable bonds is 9. The predicted molar refractivity (Wildman–Crippen MR) is 191 cm³/mol. The monoisotopic (exact) mass is 783 g/mol. The standard InChI is InChI=1S/C27H27N3O5S.C8H7BrO4S/c1-28-27(32)18-8-6-17(7-9-18)20-12-19-10-11-35-26(19)25(14-20)36(33,34)30-22(16-31)13-21-15-29-24-5-3-2-4-23(21)24;9-6-3-5-1-2-13-8(5)7(4-6)14(10,11)12/h2-9,12,14-15,22,29-31H,10-11,13,16H2,1H3,(H,28,32);3-4H,1-2H2,(H,10,11,12)/t22-;/m1./s1. The van der Waals surface area contributed by atoms with Gasteiger partial charge in [0.1, 0.15) is 21.3 Å². The largest absolute Gasteiger partial charge is 0.492 e. The van der Waals surface area contributed by atoms with Crippen molar-refractivity contribution in [3.63, 3.8) is 0 Å². The van der Waals surface area contributed by atoms with Crippen molar-refractivity contribution in [2.75, 3.05) is 26.9 Å². The van der Waals surface area contributed by atoms with Gasteiger partial charge in [-0.2, -0.15) is 8.42 Å². The molecule has 4 aromatic carbocycles. The number of hydrogen-bond acceptors (Lipinski definition) is 8. The topological polar surface area (TPSA) is 184 Å². The number of carbonyl (C=O) groups excluding carboxylic acids is 1. The lowest BCUT2D eigenvalue weighted by molar-refractivity contribution is 0.0963. The third-order valence-electron chi connectivity index (χ3n) is 8.42. The zero-order valence-corrected chi connectivity index (χ0v) is 30.0. The molecule has 0 fully saturated rings. The van der Waals surface area contributed by atoms with Crippen molar-refractivity contribution in [1.82, 2.24) is 15.0 Å². The van der Waals surface area contributed by atoms with E-state index in [4.69, 9.17) is 14.0 Å². The molecule has 1 atom stereocenters. The highest BCUT2D eigenvalue weighted by Crippen LogP contribution is 2.38. The lowest BCUT2D eigenvalue weighted by Crippen LogP contribution is -2.39. The number of halogens is 1. The highest BCUT2D eigenvalue weighted by atomic mass is 79.9. The van der Waals surface area contributed by atoms with Crippen molar-refractivity contribution in [2.45, 2.75) is 35.1 Å². The lowest BCUT2D eigenvalue weighted by Gasteiger charge is -2.18. The molecule has 2 aliphatic heterocycles. The van der Waals surface area contributed by atoms with E-state index in [1.54, 1.807) is 43.4 Å². The van der Waals surface area contributed by atoms with Crippen LogP contribution >= 0.6 is 15.9 Å².